The van der Waals surface area contributed by atoms with Gasteiger partial charge in [0.05, 0.1) is 21.5 Å². The van der Waals surface area contributed by atoms with E-state index in [2.05, 4.69) is 0 Å². The van der Waals surface area contributed by atoms with Gasteiger partial charge >= 0.3 is 0 Å². The van der Waals surface area contributed by atoms with Crippen molar-refractivity contribution < 1.29 is 12.8 Å². The second-order valence-electron chi connectivity index (χ2n) is 8.56. The van der Waals surface area contributed by atoms with Crippen LogP contribution in [0.4, 0.5) is 10.1 Å². The van der Waals surface area contributed by atoms with Crippen molar-refractivity contribution >= 4 is 26.4 Å². The minimum Gasteiger partial charge on any atom is -0.369 e. The molecule has 0 bridgehead atoms. The van der Waals surface area contributed by atoms with Gasteiger partial charge in [-0.15, -0.1) is 0 Å². The summed E-state index contributed by atoms with van der Waals surface area (Å²) in [6.45, 7) is 5.87. The van der Waals surface area contributed by atoms with Crippen LogP contribution >= 0.6 is 0 Å². The molecule has 32 heavy (non-hydrogen) atoms. The largest absolute Gasteiger partial charge is 0.369 e. The first kappa shape index (κ1) is 22.5. The first-order valence-corrected chi connectivity index (χ1v) is 12.7. The molecule has 5 nitrogen and oxygen atoms in total. The molecule has 1 aliphatic heterocycles. The normalized spacial score (nSPS) is 15.2. The van der Waals surface area contributed by atoms with E-state index < -0.39 is 21.1 Å². The topological polar surface area (TPSA) is 59.4 Å². The van der Waals surface area contributed by atoms with Gasteiger partial charge in [-0.3, -0.25) is 4.79 Å². The van der Waals surface area contributed by atoms with Crippen LogP contribution in [0.5, 0.6) is 0 Å². The fraction of sp³-hybridized carbons (Fsp3) is 0.400. The Balaban J connectivity index is 1.93. The molecule has 170 valence electrons. The lowest BCUT2D eigenvalue weighted by molar-refractivity contribution is 0.592. The van der Waals surface area contributed by atoms with Crippen LogP contribution < -0.4 is 10.3 Å². The highest BCUT2D eigenvalue weighted by atomic mass is 32.2. The molecular formula is C25H29FN2O3S. The molecule has 3 aromatic rings. The molecule has 0 aliphatic carbocycles. The number of pyridine rings is 1. The van der Waals surface area contributed by atoms with Crippen molar-refractivity contribution in [3.05, 3.63) is 64.2 Å². The second-order valence-corrected chi connectivity index (χ2v) is 10.5. The van der Waals surface area contributed by atoms with Gasteiger partial charge in [-0.2, -0.15) is 0 Å². The maximum Gasteiger partial charge on any atom is 0.211 e. The highest BCUT2D eigenvalue weighted by Crippen LogP contribution is 2.29. The number of rotatable bonds is 5. The van der Waals surface area contributed by atoms with Crippen LogP contribution in [0.3, 0.4) is 0 Å². The monoisotopic (exact) mass is 456 g/mol. The molecule has 7 heteroatoms. The van der Waals surface area contributed by atoms with Crippen LogP contribution in [0.15, 0.2) is 57.2 Å². The summed E-state index contributed by atoms with van der Waals surface area (Å²) in [5.41, 5.74) is 1.18. The molecule has 0 saturated carbocycles. The van der Waals surface area contributed by atoms with Gasteiger partial charge in [-0.05, 0) is 56.0 Å². The Morgan fingerprint density at radius 3 is 2.41 bits per heavy atom. The smallest absolute Gasteiger partial charge is 0.211 e. The van der Waals surface area contributed by atoms with Crippen LogP contribution in [0.2, 0.25) is 0 Å². The number of hydrogen-bond acceptors (Lipinski definition) is 4. The van der Waals surface area contributed by atoms with Crippen molar-refractivity contribution in [2.75, 3.05) is 18.0 Å². The summed E-state index contributed by atoms with van der Waals surface area (Å²) in [6, 6.07) is 9.43. The number of sulfone groups is 1. The molecule has 0 N–H and O–H groups in total. The molecule has 0 unspecified atom stereocenters. The third kappa shape index (κ3) is 4.18. The van der Waals surface area contributed by atoms with E-state index in [0.29, 0.717) is 17.7 Å². The Kier molecular flexibility index (Phi) is 6.38. The summed E-state index contributed by atoms with van der Waals surface area (Å²) in [5.74, 6) is -0.482. The average Bonchev–Trinajstić information content (AvgIpc) is 3.05. The lowest BCUT2D eigenvalue weighted by atomic mass is 10.1. The van der Waals surface area contributed by atoms with Gasteiger partial charge in [0.2, 0.25) is 15.3 Å². The summed E-state index contributed by atoms with van der Waals surface area (Å²) < 4.78 is 43.6. The van der Waals surface area contributed by atoms with Crippen LogP contribution in [0, 0.1) is 12.7 Å². The number of aryl methyl sites for hydroxylation is 2. The van der Waals surface area contributed by atoms with E-state index in [4.69, 9.17) is 0 Å². The summed E-state index contributed by atoms with van der Waals surface area (Å²) in [4.78, 5) is 15.1. The Hall–Kier alpha value is -2.67. The molecule has 0 radical (unpaired) electrons. The molecule has 1 fully saturated rings. The van der Waals surface area contributed by atoms with E-state index in [1.54, 1.807) is 35.8 Å². The van der Waals surface area contributed by atoms with Crippen molar-refractivity contribution in [1.82, 2.24) is 4.57 Å². The highest BCUT2D eigenvalue weighted by Gasteiger charge is 2.25. The molecule has 0 atom stereocenters. The van der Waals surface area contributed by atoms with Gasteiger partial charge in [-0.25, -0.2) is 12.8 Å². The molecule has 1 aliphatic rings. The molecule has 1 aromatic heterocycles. The van der Waals surface area contributed by atoms with E-state index >= 15 is 4.39 Å². The zero-order chi connectivity index (χ0) is 22.9. The van der Waals surface area contributed by atoms with E-state index in [1.807, 2.05) is 11.8 Å². The van der Waals surface area contributed by atoms with Crippen LogP contribution in [-0.2, 0) is 16.4 Å². The van der Waals surface area contributed by atoms with Gasteiger partial charge in [0.15, 0.2) is 0 Å². The zero-order valence-electron chi connectivity index (χ0n) is 18.6. The minimum atomic E-state index is -4.04. The fourth-order valence-corrected chi connectivity index (χ4v) is 5.93. The predicted octanol–water partition coefficient (Wildman–Crippen LogP) is 5.07. The highest BCUT2D eigenvalue weighted by molar-refractivity contribution is 7.91. The number of nitrogens with zero attached hydrogens (tertiary/aromatic N) is 2. The Morgan fingerprint density at radius 1 is 1.03 bits per heavy atom. The molecule has 2 heterocycles. The first-order valence-electron chi connectivity index (χ1n) is 11.3. The van der Waals surface area contributed by atoms with E-state index in [0.717, 1.165) is 50.8 Å². The maximum atomic E-state index is 15.2. The lowest BCUT2D eigenvalue weighted by Crippen LogP contribution is -2.26. The Labute approximate surface area is 188 Å². The minimum absolute atomic E-state index is 0.0682. The Morgan fingerprint density at radius 2 is 1.75 bits per heavy atom. The van der Waals surface area contributed by atoms with Gasteiger partial charge in [0.1, 0.15) is 10.7 Å². The number of anilines is 1. The van der Waals surface area contributed by atoms with Crippen molar-refractivity contribution in [2.45, 2.75) is 62.3 Å². The van der Waals surface area contributed by atoms with Gasteiger partial charge in [0, 0.05) is 25.8 Å². The first-order chi connectivity index (χ1) is 15.3. The number of hydrogen-bond donors (Lipinski definition) is 0. The number of halogens is 1. The molecule has 0 amide bonds. The average molecular weight is 457 g/mol. The summed E-state index contributed by atoms with van der Waals surface area (Å²) in [5, 5.41) is 0.100. The van der Waals surface area contributed by atoms with Crippen molar-refractivity contribution in [3.8, 4) is 0 Å². The SMILES string of the molecule is CCCn1cc(S(=O)(=O)c2cccc(C)c2)c(=O)c2cc(F)c(N3CCCCCC3)cc21. The number of benzene rings is 2. The van der Waals surface area contributed by atoms with Gasteiger partial charge in [-0.1, -0.05) is 31.9 Å². The Bertz CT molecular complexity index is 1310. The molecular weight excluding hydrogens is 427 g/mol. The summed E-state index contributed by atoms with van der Waals surface area (Å²) >= 11 is 0. The van der Waals surface area contributed by atoms with E-state index in [1.165, 1.54) is 18.3 Å². The third-order valence-electron chi connectivity index (χ3n) is 6.12. The maximum absolute atomic E-state index is 15.2. The number of fused-ring (bicyclic) bond motifs is 1. The predicted molar refractivity (Wildman–Crippen MR) is 126 cm³/mol. The molecule has 4 rings (SSSR count). The van der Waals surface area contributed by atoms with Crippen LogP contribution in [-0.4, -0.2) is 26.1 Å². The van der Waals surface area contributed by atoms with Crippen molar-refractivity contribution in [3.63, 3.8) is 0 Å². The zero-order valence-corrected chi connectivity index (χ0v) is 19.4. The summed E-state index contributed by atoms with van der Waals surface area (Å²) in [6.07, 6.45) is 6.45. The number of aromatic nitrogens is 1. The van der Waals surface area contributed by atoms with E-state index in [9.17, 15) is 13.2 Å². The lowest BCUT2D eigenvalue weighted by Gasteiger charge is -2.24. The quantitative estimate of drug-likeness (QED) is 0.538. The van der Waals surface area contributed by atoms with Gasteiger partial charge < -0.3 is 9.47 Å². The standard InChI is InChI=1S/C25H29FN2O3S/c1-3-11-28-17-24(32(30,31)19-10-8-9-18(2)14-19)25(29)20-15-21(26)23(16-22(20)28)27-12-6-4-5-7-13-27/h8-10,14-17H,3-7,11-13H2,1-2H3. The fourth-order valence-electron chi connectivity index (χ4n) is 4.45. The third-order valence-corrected chi connectivity index (χ3v) is 7.86. The van der Waals surface area contributed by atoms with Gasteiger partial charge in [0.25, 0.3) is 0 Å². The summed E-state index contributed by atoms with van der Waals surface area (Å²) in [7, 11) is -4.04. The molecule has 1 saturated heterocycles. The molecule has 2 aromatic carbocycles. The molecule has 0 spiro atoms. The van der Waals surface area contributed by atoms with Crippen LogP contribution in [0.1, 0.15) is 44.6 Å². The van der Waals surface area contributed by atoms with Crippen LogP contribution in [0.25, 0.3) is 10.9 Å². The van der Waals surface area contributed by atoms with Crippen molar-refractivity contribution in [1.29, 1.82) is 0 Å². The second kappa shape index (κ2) is 9.06. The van der Waals surface area contributed by atoms with Crippen molar-refractivity contribution in [2.24, 2.45) is 0 Å². The van der Waals surface area contributed by atoms with E-state index in [-0.39, 0.29) is 15.2 Å².